The molecule has 6 aromatic heterocycles. The molecule has 3 atom stereocenters. The van der Waals surface area contributed by atoms with Gasteiger partial charge in [-0.3, -0.25) is 28.8 Å². The number of thiazole rings is 3. The number of fused-ring (bicyclic) bond motifs is 2. The van der Waals surface area contributed by atoms with Gasteiger partial charge in [0.05, 0.1) is 60.9 Å². The van der Waals surface area contributed by atoms with E-state index in [2.05, 4.69) is 59.7 Å². The number of hydrogen-bond acceptors (Lipinski definition) is 23. The van der Waals surface area contributed by atoms with Crippen LogP contribution in [-0.2, 0) is 32.0 Å². The van der Waals surface area contributed by atoms with Crippen LogP contribution in [0.3, 0.4) is 0 Å². The molecule has 1 spiro atoms. The molecule has 622 valence electrons. The number of nitrogens with zero attached hydrogens (tertiary/aromatic N) is 12. The van der Waals surface area contributed by atoms with Gasteiger partial charge >= 0.3 is 12.4 Å². The van der Waals surface area contributed by atoms with E-state index < -0.39 is 77.7 Å². The molecule has 114 heavy (non-hydrogen) atoms. The van der Waals surface area contributed by atoms with Gasteiger partial charge in [-0.2, -0.15) is 26.3 Å². The van der Waals surface area contributed by atoms with Gasteiger partial charge in [0.1, 0.15) is 34.5 Å². The SMILES string of the molecule is CC(C)Nc1cc(C(F)(F)F)c(-c2sc(C(=O)N3CC4(C3)CS(=O)(=O)C4)nc2C(=O)N2CCCC[C@@H]2C)cn1.CC[C@@H](C)Nc1cc(C)c(-c2sc(C(=O)N(C)C(C)(C)CO)nc2C(=O)N2C3CCC2CC3)cn1.C[C@H]1CCCCN1C(=O)c1nc(C(=O)N2CCS(=O)(=O)CC2)sc1-c1cnc(NCC(C)(C)C)cc1C(F)(F)F. The number of rotatable bonds is 18. The number of halogens is 6. The van der Waals surface area contributed by atoms with Gasteiger partial charge < -0.3 is 50.5 Å². The van der Waals surface area contributed by atoms with Crippen molar-refractivity contribution in [3.05, 3.63) is 85.6 Å². The van der Waals surface area contributed by atoms with E-state index in [0.717, 1.165) is 123 Å². The van der Waals surface area contributed by atoms with Crippen molar-refractivity contribution in [2.45, 2.75) is 208 Å². The standard InChI is InChI=1S/C26H34F3N5O4S2.C26H37N5O3S.C25H30F3N5O4S2/c1-16-7-5-6-8-34(16)23(35)20-21(39-22(32-20)24(36)33-9-11-40(37,38)12-10-33)17-14-30-19(31-15-25(2,3)4)13-18(17)26(27,28)29;1-7-16(3)28-20-12-15(2)19(13-27-20)22-21(24(33)31-17-8-9-18(31)11-10-17)29-23(35-22)25(34)30(6)26(4,5)14-32;1-14(2)30-18-8-17(25(26,27)28)16(9-29-18)20-19(22(34)33-7-5-4-6-15(33)3)31-21(38-20)23(35)32-10-24(11-32)12-39(36,37)13-24/h13-14,16H,5-12,15H2,1-4H3,(H,30,31);12-13,16-18,32H,7-11,14H2,1-6H3,(H,27,28);8-9,14-15H,4-7,10-13H2,1-3H3,(H,29,30)/t16-;16-,17?,18?;15-/m010/s1. The molecule has 13 rings (SSSR count). The number of carbonyl (C=O) groups is 6. The Morgan fingerprint density at radius 3 is 1.47 bits per heavy atom. The first-order valence-electron chi connectivity index (χ1n) is 38.6. The lowest BCUT2D eigenvalue weighted by molar-refractivity contribution is -0.137. The van der Waals surface area contributed by atoms with Crippen LogP contribution in [0.5, 0.6) is 0 Å². The Morgan fingerprint density at radius 1 is 0.588 bits per heavy atom. The highest BCUT2D eigenvalue weighted by Gasteiger charge is 2.58. The maximum Gasteiger partial charge on any atom is 0.417 e. The number of aliphatic hydroxyl groups excluding tert-OH is 1. The first kappa shape index (κ1) is 86.8. The number of aliphatic hydroxyl groups is 1. The van der Waals surface area contributed by atoms with E-state index in [-0.39, 0.29) is 162 Å². The number of piperidine rings is 2. The van der Waals surface area contributed by atoms with Crippen molar-refractivity contribution >= 4 is 107 Å². The fraction of sp³-hybridized carbons (Fsp3) is 0.610. The number of alkyl halides is 6. The quantitative estimate of drug-likeness (QED) is 0.0581. The highest BCUT2D eigenvalue weighted by atomic mass is 32.2. The summed E-state index contributed by atoms with van der Waals surface area (Å²) < 4.78 is 133. The van der Waals surface area contributed by atoms with E-state index in [1.807, 2.05) is 52.5 Å². The van der Waals surface area contributed by atoms with Crippen LogP contribution in [0.2, 0.25) is 0 Å². The van der Waals surface area contributed by atoms with Crippen molar-refractivity contribution in [1.82, 2.24) is 59.3 Å². The molecule has 6 amide bonds. The summed E-state index contributed by atoms with van der Waals surface area (Å²) in [6.07, 6.45) is 4.43. The summed E-state index contributed by atoms with van der Waals surface area (Å²) in [5.41, 5.74) is -2.34. The Hall–Kier alpha value is -8.00. The Morgan fingerprint density at radius 2 is 1.03 bits per heavy atom. The van der Waals surface area contributed by atoms with Crippen LogP contribution in [0.15, 0.2) is 36.8 Å². The van der Waals surface area contributed by atoms with E-state index in [4.69, 9.17) is 0 Å². The molecular formula is C77H101F6N15O11S5. The van der Waals surface area contributed by atoms with Gasteiger partial charge in [-0.15, -0.1) is 34.0 Å². The summed E-state index contributed by atoms with van der Waals surface area (Å²) in [7, 11) is -4.69. The third-order valence-corrected chi connectivity index (χ3v) is 28.9. The summed E-state index contributed by atoms with van der Waals surface area (Å²) in [6.45, 7) is 24.4. The highest BCUT2D eigenvalue weighted by Crippen LogP contribution is 2.48. The minimum Gasteiger partial charge on any atom is -0.394 e. The number of sulfone groups is 2. The molecule has 0 aromatic carbocycles. The number of carbonyl (C=O) groups excluding carboxylic acids is 6. The molecule has 4 N–H and O–H groups in total. The van der Waals surface area contributed by atoms with Crippen molar-refractivity contribution in [2.75, 3.05) is 98.4 Å². The van der Waals surface area contributed by atoms with Crippen LogP contribution in [0.25, 0.3) is 31.3 Å². The van der Waals surface area contributed by atoms with Crippen molar-refractivity contribution in [3.8, 4) is 31.3 Å². The molecule has 6 aromatic rings. The zero-order valence-electron chi connectivity index (χ0n) is 66.4. The van der Waals surface area contributed by atoms with E-state index in [9.17, 15) is 77.1 Å². The predicted octanol–water partition coefficient (Wildman–Crippen LogP) is 12.8. The average Bonchev–Trinajstić information content (AvgIpc) is 0.899. The second kappa shape index (κ2) is 33.9. The Balaban J connectivity index is 0.000000169. The molecule has 13 heterocycles. The predicted molar refractivity (Wildman–Crippen MR) is 427 cm³/mol. The van der Waals surface area contributed by atoms with Gasteiger partial charge in [-0.1, -0.05) is 27.7 Å². The van der Waals surface area contributed by atoms with Gasteiger partial charge in [0.2, 0.25) is 0 Å². The summed E-state index contributed by atoms with van der Waals surface area (Å²) in [5.74, 6) is -2.11. The molecule has 2 bridgehead atoms. The zero-order chi connectivity index (χ0) is 83.3. The lowest BCUT2D eigenvalue weighted by atomic mass is 9.83. The van der Waals surface area contributed by atoms with E-state index in [0.29, 0.717) is 47.6 Å². The molecule has 0 unspecified atom stereocenters. The Kier molecular flexibility index (Phi) is 25.8. The van der Waals surface area contributed by atoms with Crippen LogP contribution in [-0.4, -0.2) is 241 Å². The lowest BCUT2D eigenvalue weighted by Crippen LogP contribution is -2.69. The molecule has 7 fully saturated rings. The van der Waals surface area contributed by atoms with Crippen molar-refractivity contribution in [1.29, 1.82) is 0 Å². The van der Waals surface area contributed by atoms with E-state index >= 15 is 0 Å². The van der Waals surface area contributed by atoms with Crippen LogP contribution >= 0.6 is 34.0 Å². The van der Waals surface area contributed by atoms with Crippen LogP contribution in [0.1, 0.15) is 224 Å². The van der Waals surface area contributed by atoms with Crippen LogP contribution in [0.4, 0.5) is 43.8 Å². The van der Waals surface area contributed by atoms with Gasteiger partial charge in [-0.05, 0) is 155 Å². The Bertz CT molecular complexity index is 4820. The number of aromatic nitrogens is 6. The number of anilines is 3. The minimum absolute atomic E-state index is 0.0147. The third kappa shape index (κ3) is 19.5. The maximum atomic E-state index is 14.4. The number of amides is 6. The summed E-state index contributed by atoms with van der Waals surface area (Å²) >= 11 is 2.67. The molecule has 0 radical (unpaired) electrons. The molecule has 37 heteroatoms. The number of nitrogens with one attached hydrogen (secondary N) is 3. The zero-order valence-corrected chi connectivity index (χ0v) is 70.5. The number of pyridine rings is 3. The van der Waals surface area contributed by atoms with Crippen LogP contribution in [0, 0.1) is 17.8 Å². The van der Waals surface area contributed by atoms with Crippen molar-refractivity contribution in [2.24, 2.45) is 10.8 Å². The second-order valence-electron chi connectivity index (χ2n) is 33.2. The minimum atomic E-state index is -4.77. The van der Waals surface area contributed by atoms with Gasteiger partial charge in [-0.25, -0.2) is 46.7 Å². The molecule has 0 saturated carbocycles. The maximum absolute atomic E-state index is 14.4. The fourth-order valence-electron chi connectivity index (χ4n) is 15.1. The van der Waals surface area contributed by atoms with Crippen molar-refractivity contribution in [3.63, 3.8) is 0 Å². The first-order chi connectivity index (χ1) is 53.3. The fourth-order valence-corrected chi connectivity index (χ4v) is 21.7. The molecule has 7 aliphatic rings. The molecule has 7 saturated heterocycles. The number of likely N-dealkylation sites (tertiary alicyclic amines) is 3. The molecule has 0 aliphatic carbocycles. The number of aryl methyl sites for hydroxylation is 1. The van der Waals surface area contributed by atoms with Gasteiger partial charge in [0.15, 0.2) is 34.7 Å². The summed E-state index contributed by atoms with van der Waals surface area (Å²) in [5, 5.41) is 18.9. The monoisotopic (exact) mass is 1690 g/mol. The third-order valence-electron chi connectivity index (χ3n) is 22.0. The topological polar surface area (TPSA) is 324 Å². The normalized spacial score (nSPS) is 20.7. The van der Waals surface area contributed by atoms with Gasteiger partial charge in [0, 0.05) is 130 Å². The Labute approximate surface area is 672 Å². The van der Waals surface area contributed by atoms with E-state index in [1.165, 1.54) is 26.0 Å². The molecular weight excluding hydrogens is 1590 g/mol. The summed E-state index contributed by atoms with van der Waals surface area (Å²) in [4.78, 5) is 117. The number of hydrogen-bond donors (Lipinski definition) is 4. The molecule has 7 aliphatic heterocycles. The summed E-state index contributed by atoms with van der Waals surface area (Å²) in [6, 6.07) is 4.23. The smallest absolute Gasteiger partial charge is 0.394 e. The molecule has 26 nitrogen and oxygen atoms in total. The second-order valence-corrected chi connectivity index (χ2v) is 40.6. The highest BCUT2D eigenvalue weighted by molar-refractivity contribution is 7.92. The van der Waals surface area contributed by atoms with Crippen LogP contribution < -0.4 is 16.0 Å². The average molecular weight is 1690 g/mol. The van der Waals surface area contributed by atoms with Crippen molar-refractivity contribution < 1.29 is 77.1 Å². The lowest BCUT2D eigenvalue weighted by Gasteiger charge is -2.54. The number of likely N-dealkylation sites (N-methyl/N-ethyl adjacent to an activating group) is 1. The van der Waals surface area contributed by atoms with E-state index in [1.54, 1.807) is 50.7 Å². The largest absolute Gasteiger partial charge is 0.417 e. The first-order valence-corrected chi connectivity index (χ1v) is 44.6. The van der Waals surface area contributed by atoms with Gasteiger partial charge in [0.25, 0.3) is 35.4 Å².